The van der Waals surface area contributed by atoms with Crippen molar-refractivity contribution in [3.8, 4) is 11.6 Å². The molecule has 0 fully saturated rings. The minimum Gasteiger partial charge on any atom is -0.435 e. The maximum Gasteiger partial charge on any atom is 0.446 e. The average molecular weight is 449 g/mol. The van der Waals surface area contributed by atoms with Gasteiger partial charge in [0.25, 0.3) is 0 Å². The summed E-state index contributed by atoms with van der Waals surface area (Å²) < 4.78 is 44.2. The van der Waals surface area contributed by atoms with Crippen LogP contribution in [0.25, 0.3) is 22.7 Å². The van der Waals surface area contributed by atoms with Crippen molar-refractivity contribution in [3.05, 3.63) is 34.4 Å². The smallest absolute Gasteiger partial charge is 0.435 e. The zero-order chi connectivity index (χ0) is 18.2. The first kappa shape index (κ1) is 18.6. The van der Waals surface area contributed by atoms with Gasteiger partial charge in [-0.15, -0.1) is 11.8 Å². The Morgan fingerprint density at radius 1 is 1.20 bits per heavy atom. The van der Waals surface area contributed by atoms with Gasteiger partial charge in [0.05, 0.1) is 5.69 Å². The van der Waals surface area contributed by atoms with Gasteiger partial charge in [-0.2, -0.15) is 13.2 Å². The predicted octanol–water partition coefficient (Wildman–Crippen LogP) is 6.68. The SMILES string of the molecule is CCSc1cc(Br)c(C)nc1-c1nc2cc(SC(F)(F)F)ccc2o1. The number of pyridine rings is 1. The van der Waals surface area contributed by atoms with Gasteiger partial charge in [-0.3, -0.25) is 0 Å². The van der Waals surface area contributed by atoms with Crippen LogP contribution in [0.15, 0.2) is 42.9 Å². The molecule has 0 unspecified atom stereocenters. The Morgan fingerprint density at radius 2 is 1.96 bits per heavy atom. The second kappa shape index (κ2) is 7.20. The molecule has 0 N–H and O–H groups in total. The van der Waals surface area contributed by atoms with Gasteiger partial charge in [0, 0.05) is 14.3 Å². The van der Waals surface area contributed by atoms with E-state index in [9.17, 15) is 13.2 Å². The van der Waals surface area contributed by atoms with Crippen molar-refractivity contribution in [2.75, 3.05) is 5.75 Å². The van der Waals surface area contributed by atoms with Crippen LogP contribution in [0.2, 0.25) is 0 Å². The number of alkyl halides is 3. The Morgan fingerprint density at radius 3 is 2.64 bits per heavy atom. The lowest BCUT2D eigenvalue weighted by Gasteiger charge is -2.07. The van der Waals surface area contributed by atoms with Gasteiger partial charge in [-0.05, 0) is 64.6 Å². The van der Waals surface area contributed by atoms with E-state index in [1.165, 1.54) is 18.2 Å². The topological polar surface area (TPSA) is 38.9 Å². The van der Waals surface area contributed by atoms with E-state index in [0.717, 1.165) is 20.8 Å². The summed E-state index contributed by atoms with van der Waals surface area (Å²) in [6.07, 6.45) is 0. The number of aromatic nitrogens is 2. The molecule has 0 saturated carbocycles. The first-order valence-electron chi connectivity index (χ1n) is 7.23. The zero-order valence-corrected chi connectivity index (χ0v) is 16.4. The lowest BCUT2D eigenvalue weighted by Crippen LogP contribution is -1.98. The lowest BCUT2D eigenvalue weighted by atomic mass is 10.3. The highest BCUT2D eigenvalue weighted by atomic mass is 79.9. The molecule has 0 aliphatic heterocycles. The van der Waals surface area contributed by atoms with Crippen LogP contribution < -0.4 is 0 Å². The molecule has 0 amide bonds. The molecule has 132 valence electrons. The van der Waals surface area contributed by atoms with E-state index >= 15 is 0 Å². The number of fused-ring (bicyclic) bond motifs is 1. The summed E-state index contributed by atoms with van der Waals surface area (Å²) in [6.45, 7) is 3.88. The highest BCUT2D eigenvalue weighted by Gasteiger charge is 2.29. The summed E-state index contributed by atoms with van der Waals surface area (Å²) >= 11 is 4.88. The Balaban J connectivity index is 2.06. The highest BCUT2D eigenvalue weighted by Crippen LogP contribution is 2.39. The maximum absolute atomic E-state index is 12.5. The number of nitrogens with zero attached hydrogens (tertiary/aromatic N) is 2. The fraction of sp³-hybridized carbons (Fsp3) is 0.250. The van der Waals surface area contributed by atoms with E-state index in [4.69, 9.17) is 4.42 Å². The van der Waals surface area contributed by atoms with Crippen LogP contribution in [0.5, 0.6) is 0 Å². The molecular formula is C16H12BrF3N2OS2. The van der Waals surface area contributed by atoms with Gasteiger partial charge in [0.15, 0.2) is 5.58 Å². The van der Waals surface area contributed by atoms with Crippen LogP contribution in [-0.4, -0.2) is 21.2 Å². The van der Waals surface area contributed by atoms with E-state index < -0.39 is 5.51 Å². The fourth-order valence-electron chi connectivity index (χ4n) is 2.19. The van der Waals surface area contributed by atoms with Crippen molar-refractivity contribution in [3.63, 3.8) is 0 Å². The monoisotopic (exact) mass is 448 g/mol. The second-order valence-corrected chi connectivity index (χ2v) is 8.33. The number of hydrogen-bond donors (Lipinski definition) is 0. The van der Waals surface area contributed by atoms with Crippen molar-refractivity contribution in [1.82, 2.24) is 9.97 Å². The summed E-state index contributed by atoms with van der Waals surface area (Å²) in [7, 11) is 0. The molecule has 9 heteroatoms. The van der Waals surface area contributed by atoms with E-state index in [1.54, 1.807) is 11.8 Å². The van der Waals surface area contributed by atoms with E-state index in [0.29, 0.717) is 22.7 Å². The second-order valence-electron chi connectivity index (χ2n) is 5.03. The first-order chi connectivity index (χ1) is 11.8. The van der Waals surface area contributed by atoms with Crippen molar-refractivity contribution in [2.24, 2.45) is 0 Å². The number of aryl methyl sites for hydroxylation is 1. The standard InChI is InChI=1S/C16H12BrF3N2OS2/c1-3-24-13-7-10(17)8(2)21-14(13)15-22-11-6-9(25-16(18,19)20)4-5-12(11)23-15/h4-7H,3H2,1-2H3. The number of halogens is 4. The molecular weight excluding hydrogens is 437 g/mol. The van der Waals surface area contributed by atoms with Crippen LogP contribution in [0.1, 0.15) is 12.6 Å². The van der Waals surface area contributed by atoms with Crippen LogP contribution in [-0.2, 0) is 0 Å². The quantitative estimate of drug-likeness (QED) is 0.416. The summed E-state index contributed by atoms with van der Waals surface area (Å²) in [5.41, 5.74) is -2.16. The van der Waals surface area contributed by atoms with Crippen molar-refractivity contribution in [1.29, 1.82) is 0 Å². The van der Waals surface area contributed by atoms with Gasteiger partial charge in [0.2, 0.25) is 5.89 Å². The average Bonchev–Trinajstić information content (AvgIpc) is 2.92. The molecule has 2 heterocycles. The fourth-order valence-corrected chi connectivity index (χ4v) is 4.01. The van der Waals surface area contributed by atoms with Crippen LogP contribution >= 0.6 is 39.5 Å². The molecule has 3 nitrogen and oxygen atoms in total. The maximum atomic E-state index is 12.5. The third-order valence-corrected chi connectivity index (χ3v) is 5.65. The summed E-state index contributed by atoms with van der Waals surface area (Å²) in [4.78, 5) is 9.85. The zero-order valence-electron chi connectivity index (χ0n) is 13.1. The number of hydrogen-bond acceptors (Lipinski definition) is 5. The summed E-state index contributed by atoms with van der Waals surface area (Å²) in [5, 5.41) is 0. The van der Waals surface area contributed by atoms with Crippen molar-refractivity contribution in [2.45, 2.75) is 29.1 Å². The third-order valence-electron chi connectivity index (χ3n) is 3.21. The Hall–Kier alpha value is -1.19. The molecule has 25 heavy (non-hydrogen) atoms. The molecule has 0 aliphatic carbocycles. The molecule has 3 rings (SSSR count). The molecule has 0 bridgehead atoms. The van der Waals surface area contributed by atoms with Gasteiger partial charge in [0.1, 0.15) is 11.2 Å². The molecule has 3 aromatic rings. The Labute approximate surface area is 158 Å². The molecule has 0 radical (unpaired) electrons. The number of benzene rings is 1. The number of thioether (sulfide) groups is 2. The molecule has 0 aliphatic rings. The van der Waals surface area contributed by atoms with E-state index in [-0.39, 0.29) is 16.7 Å². The van der Waals surface area contributed by atoms with Crippen molar-refractivity contribution < 1.29 is 17.6 Å². The minimum absolute atomic E-state index is 0.0722. The van der Waals surface area contributed by atoms with Gasteiger partial charge < -0.3 is 4.42 Å². The van der Waals surface area contributed by atoms with Gasteiger partial charge in [-0.1, -0.05) is 6.92 Å². The highest BCUT2D eigenvalue weighted by molar-refractivity contribution is 9.10. The van der Waals surface area contributed by atoms with Crippen LogP contribution in [0.3, 0.4) is 0 Å². The Kier molecular flexibility index (Phi) is 5.36. The largest absolute Gasteiger partial charge is 0.446 e. The number of oxazole rings is 1. The van der Waals surface area contributed by atoms with Crippen LogP contribution in [0.4, 0.5) is 13.2 Å². The lowest BCUT2D eigenvalue weighted by molar-refractivity contribution is -0.0328. The molecule has 0 spiro atoms. The molecule has 0 atom stereocenters. The summed E-state index contributed by atoms with van der Waals surface area (Å²) in [5.74, 6) is 1.15. The molecule has 0 saturated heterocycles. The van der Waals surface area contributed by atoms with E-state index in [2.05, 4.69) is 25.9 Å². The Bertz CT molecular complexity index is 928. The van der Waals surface area contributed by atoms with Gasteiger partial charge in [-0.25, -0.2) is 9.97 Å². The molecule has 1 aromatic carbocycles. The van der Waals surface area contributed by atoms with Gasteiger partial charge >= 0.3 is 5.51 Å². The normalized spacial score (nSPS) is 12.1. The van der Waals surface area contributed by atoms with E-state index in [1.807, 2.05) is 19.9 Å². The predicted molar refractivity (Wildman–Crippen MR) is 98.0 cm³/mol. The third kappa shape index (κ3) is 4.32. The van der Waals surface area contributed by atoms with Crippen LogP contribution in [0, 0.1) is 6.92 Å². The minimum atomic E-state index is -4.34. The van der Waals surface area contributed by atoms with Crippen molar-refractivity contribution >= 4 is 50.6 Å². The number of rotatable bonds is 4. The first-order valence-corrected chi connectivity index (χ1v) is 9.83. The molecule has 2 aromatic heterocycles. The summed E-state index contributed by atoms with van der Waals surface area (Å²) in [6, 6.07) is 6.19.